The maximum absolute atomic E-state index is 12.8. The van der Waals surface area contributed by atoms with Gasteiger partial charge >= 0.3 is 0 Å². The van der Waals surface area contributed by atoms with Gasteiger partial charge in [-0.05, 0) is 30.6 Å². The van der Waals surface area contributed by atoms with Crippen LogP contribution in [0.2, 0.25) is 0 Å². The number of nitrogens with zero attached hydrogens (tertiary/aromatic N) is 1. The zero-order valence-electron chi connectivity index (χ0n) is 12.6. The zero-order valence-corrected chi connectivity index (χ0v) is 13.4. The van der Waals surface area contributed by atoms with Crippen LogP contribution in [-0.4, -0.2) is 34.4 Å². The van der Waals surface area contributed by atoms with Gasteiger partial charge in [-0.15, -0.1) is 0 Å². The van der Waals surface area contributed by atoms with Crippen molar-refractivity contribution in [1.82, 2.24) is 10.2 Å². The van der Waals surface area contributed by atoms with E-state index in [1.54, 1.807) is 0 Å². The lowest BCUT2D eigenvalue weighted by molar-refractivity contribution is -0.132. The van der Waals surface area contributed by atoms with Gasteiger partial charge < -0.3 is 4.90 Å². The number of amides is 1. The summed E-state index contributed by atoms with van der Waals surface area (Å²) >= 11 is 1.98. The predicted molar refractivity (Wildman–Crippen MR) is 88.2 cm³/mol. The van der Waals surface area contributed by atoms with Gasteiger partial charge in [0.15, 0.2) is 0 Å². The summed E-state index contributed by atoms with van der Waals surface area (Å²) < 4.78 is 0. The molecular formula is C17H24N2OS. The van der Waals surface area contributed by atoms with Gasteiger partial charge in [-0.25, -0.2) is 0 Å². The van der Waals surface area contributed by atoms with Crippen LogP contribution in [0.1, 0.15) is 44.3 Å². The Kier molecular flexibility index (Phi) is 4.86. The molecule has 2 fully saturated rings. The molecule has 2 saturated heterocycles. The van der Waals surface area contributed by atoms with E-state index in [0.717, 1.165) is 25.0 Å². The average molecular weight is 304 g/mol. The van der Waals surface area contributed by atoms with Gasteiger partial charge in [-0.2, -0.15) is 11.8 Å². The Bertz CT molecular complexity index is 473. The summed E-state index contributed by atoms with van der Waals surface area (Å²) in [4.78, 5) is 15.0. The topological polar surface area (TPSA) is 32.3 Å². The van der Waals surface area contributed by atoms with Crippen LogP contribution in [0.4, 0.5) is 0 Å². The molecule has 0 radical (unpaired) electrons. The van der Waals surface area contributed by atoms with E-state index in [1.807, 2.05) is 17.8 Å². The van der Waals surface area contributed by atoms with E-state index in [0.29, 0.717) is 11.9 Å². The SMILES string of the molecule is CCCC1NC(c2ccccc2)N(C2CCCSC2)C1=O. The van der Waals surface area contributed by atoms with Crippen LogP contribution in [0, 0.1) is 0 Å². The summed E-state index contributed by atoms with van der Waals surface area (Å²) in [5.41, 5.74) is 1.21. The van der Waals surface area contributed by atoms with Crippen LogP contribution in [0.3, 0.4) is 0 Å². The zero-order chi connectivity index (χ0) is 14.7. The predicted octanol–water partition coefficient (Wildman–Crippen LogP) is 3.18. The van der Waals surface area contributed by atoms with Crippen molar-refractivity contribution in [3.8, 4) is 0 Å². The van der Waals surface area contributed by atoms with Crippen molar-refractivity contribution in [3.05, 3.63) is 35.9 Å². The molecule has 3 rings (SSSR count). The van der Waals surface area contributed by atoms with Crippen LogP contribution in [-0.2, 0) is 4.79 Å². The highest BCUT2D eigenvalue weighted by Gasteiger charge is 2.42. The fourth-order valence-electron chi connectivity index (χ4n) is 3.37. The highest BCUT2D eigenvalue weighted by molar-refractivity contribution is 7.99. The van der Waals surface area contributed by atoms with Gasteiger partial charge in [0.1, 0.15) is 6.17 Å². The third-order valence-electron chi connectivity index (χ3n) is 4.41. The normalized spacial score (nSPS) is 29.9. The minimum Gasteiger partial charge on any atom is -0.318 e. The molecule has 1 aromatic carbocycles. The van der Waals surface area contributed by atoms with Gasteiger partial charge in [-0.3, -0.25) is 10.1 Å². The average Bonchev–Trinajstić information content (AvgIpc) is 2.86. The fraction of sp³-hybridized carbons (Fsp3) is 0.588. The van der Waals surface area contributed by atoms with Crippen molar-refractivity contribution >= 4 is 17.7 Å². The van der Waals surface area contributed by atoms with Crippen molar-refractivity contribution in [1.29, 1.82) is 0 Å². The molecule has 1 N–H and O–H groups in total. The number of nitrogens with one attached hydrogen (secondary N) is 1. The van der Waals surface area contributed by atoms with Crippen molar-refractivity contribution in [2.24, 2.45) is 0 Å². The van der Waals surface area contributed by atoms with Crippen molar-refractivity contribution in [2.75, 3.05) is 11.5 Å². The monoisotopic (exact) mass is 304 g/mol. The highest BCUT2D eigenvalue weighted by atomic mass is 32.2. The van der Waals surface area contributed by atoms with Crippen LogP contribution in [0.15, 0.2) is 30.3 Å². The lowest BCUT2D eigenvalue weighted by atomic mass is 10.1. The van der Waals surface area contributed by atoms with Gasteiger partial charge in [0, 0.05) is 11.8 Å². The fourth-order valence-corrected chi connectivity index (χ4v) is 4.51. The Balaban J connectivity index is 1.85. The molecule has 0 aromatic heterocycles. The standard InChI is InChI=1S/C17H24N2OS/c1-2-7-15-17(20)19(14-10-6-11-21-12-14)16(18-15)13-8-4-3-5-9-13/h3-5,8-9,14-16,18H,2,6-7,10-12H2,1H3. The number of carbonyl (C=O) groups is 1. The van der Waals surface area contributed by atoms with Crippen LogP contribution in [0.5, 0.6) is 0 Å². The first-order valence-electron chi connectivity index (χ1n) is 8.02. The van der Waals surface area contributed by atoms with Crippen LogP contribution in [0.25, 0.3) is 0 Å². The third kappa shape index (κ3) is 3.11. The second-order valence-corrected chi connectivity index (χ2v) is 7.09. The quantitative estimate of drug-likeness (QED) is 0.927. The van der Waals surface area contributed by atoms with E-state index in [9.17, 15) is 4.79 Å². The van der Waals surface area contributed by atoms with Crippen molar-refractivity contribution < 1.29 is 4.79 Å². The molecule has 3 atom stereocenters. The molecule has 3 unspecified atom stereocenters. The maximum atomic E-state index is 12.8. The Morgan fingerprint density at radius 1 is 1.33 bits per heavy atom. The first-order valence-corrected chi connectivity index (χ1v) is 9.17. The molecule has 114 valence electrons. The molecule has 2 aliphatic rings. The lowest BCUT2D eigenvalue weighted by Gasteiger charge is -2.35. The molecule has 4 heteroatoms. The van der Waals surface area contributed by atoms with E-state index < -0.39 is 0 Å². The molecular weight excluding hydrogens is 280 g/mol. The van der Waals surface area contributed by atoms with Gasteiger partial charge in [0.25, 0.3) is 0 Å². The van der Waals surface area contributed by atoms with Crippen LogP contribution < -0.4 is 5.32 Å². The smallest absolute Gasteiger partial charge is 0.241 e. The Labute approximate surface area is 131 Å². The minimum atomic E-state index is -0.00728. The molecule has 0 aliphatic carbocycles. The largest absolute Gasteiger partial charge is 0.318 e. The van der Waals surface area contributed by atoms with E-state index in [1.165, 1.54) is 17.7 Å². The Hall–Kier alpha value is -1.00. The van der Waals surface area contributed by atoms with Gasteiger partial charge in [-0.1, -0.05) is 43.7 Å². The summed E-state index contributed by atoms with van der Waals surface area (Å²) in [5.74, 6) is 2.62. The van der Waals surface area contributed by atoms with E-state index >= 15 is 0 Å². The second-order valence-electron chi connectivity index (χ2n) is 5.94. The summed E-state index contributed by atoms with van der Waals surface area (Å²) in [7, 11) is 0. The number of carbonyl (C=O) groups excluding carboxylic acids is 1. The molecule has 0 saturated carbocycles. The number of hydrogen-bond acceptors (Lipinski definition) is 3. The number of benzene rings is 1. The number of thioether (sulfide) groups is 1. The maximum Gasteiger partial charge on any atom is 0.241 e. The molecule has 2 heterocycles. The number of hydrogen-bond donors (Lipinski definition) is 1. The lowest BCUT2D eigenvalue weighted by Crippen LogP contribution is -2.43. The first-order chi connectivity index (χ1) is 10.3. The minimum absolute atomic E-state index is 0.00728. The summed E-state index contributed by atoms with van der Waals surface area (Å²) in [6.07, 6.45) is 4.39. The molecule has 21 heavy (non-hydrogen) atoms. The third-order valence-corrected chi connectivity index (χ3v) is 5.61. The number of rotatable bonds is 4. The van der Waals surface area contributed by atoms with Crippen LogP contribution >= 0.6 is 11.8 Å². The molecule has 3 nitrogen and oxygen atoms in total. The van der Waals surface area contributed by atoms with E-state index in [-0.39, 0.29) is 12.2 Å². The van der Waals surface area contributed by atoms with Crippen molar-refractivity contribution in [3.63, 3.8) is 0 Å². The highest BCUT2D eigenvalue weighted by Crippen LogP contribution is 2.33. The molecule has 0 spiro atoms. The molecule has 1 aromatic rings. The summed E-state index contributed by atoms with van der Waals surface area (Å²) in [6, 6.07) is 10.8. The summed E-state index contributed by atoms with van der Waals surface area (Å²) in [5, 5.41) is 3.57. The van der Waals surface area contributed by atoms with Crippen molar-refractivity contribution in [2.45, 2.75) is 50.9 Å². The molecule has 0 bridgehead atoms. The van der Waals surface area contributed by atoms with E-state index in [4.69, 9.17) is 0 Å². The van der Waals surface area contributed by atoms with E-state index in [2.05, 4.69) is 41.4 Å². The van der Waals surface area contributed by atoms with Gasteiger partial charge in [0.2, 0.25) is 5.91 Å². The second kappa shape index (κ2) is 6.84. The summed E-state index contributed by atoms with van der Waals surface area (Å²) in [6.45, 7) is 2.14. The van der Waals surface area contributed by atoms with Gasteiger partial charge in [0.05, 0.1) is 6.04 Å². The molecule has 2 aliphatic heterocycles. The Morgan fingerprint density at radius 2 is 2.14 bits per heavy atom. The first kappa shape index (κ1) is 14.9. The Morgan fingerprint density at radius 3 is 2.81 bits per heavy atom. The molecule has 1 amide bonds.